The highest BCUT2D eigenvalue weighted by molar-refractivity contribution is 7.15. The number of carbonyl (C=O) groups excluding carboxylic acids is 2. The number of aryl methyl sites for hydroxylation is 3. The molecular formula is C20H17N3O3S2. The minimum atomic E-state index is -0.729. The van der Waals surface area contributed by atoms with E-state index in [9.17, 15) is 14.7 Å². The van der Waals surface area contributed by atoms with Crippen molar-refractivity contribution >= 4 is 45.3 Å². The van der Waals surface area contributed by atoms with Crippen molar-refractivity contribution in [2.45, 2.75) is 26.8 Å². The van der Waals surface area contributed by atoms with Crippen molar-refractivity contribution in [2.24, 2.45) is 0 Å². The van der Waals surface area contributed by atoms with Crippen molar-refractivity contribution < 1.29 is 14.7 Å². The van der Waals surface area contributed by atoms with E-state index in [-0.39, 0.29) is 11.3 Å². The fourth-order valence-electron chi connectivity index (χ4n) is 3.27. The van der Waals surface area contributed by atoms with Crippen LogP contribution in [0, 0.1) is 20.8 Å². The minimum absolute atomic E-state index is 0.0778. The second-order valence-electron chi connectivity index (χ2n) is 6.61. The molecule has 3 heterocycles. The number of nitrogens with zero attached hydrogens (tertiary/aromatic N) is 3. The summed E-state index contributed by atoms with van der Waals surface area (Å²) < 4.78 is 0. The Morgan fingerprint density at radius 1 is 1.14 bits per heavy atom. The lowest BCUT2D eigenvalue weighted by Gasteiger charge is -2.21. The van der Waals surface area contributed by atoms with Crippen molar-refractivity contribution in [2.75, 3.05) is 4.90 Å². The van der Waals surface area contributed by atoms with E-state index in [1.54, 1.807) is 6.92 Å². The normalized spacial score (nSPS) is 18.8. The number of carbonyl (C=O) groups is 2. The summed E-state index contributed by atoms with van der Waals surface area (Å²) in [6, 6.07) is 8.60. The van der Waals surface area contributed by atoms with Gasteiger partial charge in [-0.1, -0.05) is 35.1 Å². The number of Topliss-reactive ketones (excluding diaryl/α,β-unsaturated/α-hetero) is 1. The Morgan fingerprint density at radius 2 is 1.93 bits per heavy atom. The Morgan fingerprint density at radius 3 is 2.57 bits per heavy atom. The first-order chi connectivity index (χ1) is 13.4. The molecule has 1 aromatic carbocycles. The number of amides is 1. The average Bonchev–Trinajstić information content (AvgIpc) is 3.38. The van der Waals surface area contributed by atoms with Crippen LogP contribution < -0.4 is 4.90 Å². The van der Waals surface area contributed by atoms with E-state index in [4.69, 9.17) is 0 Å². The topological polar surface area (TPSA) is 83.4 Å². The predicted molar refractivity (Wildman–Crippen MR) is 110 cm³/mol. The molecule has 1 atom stereocenters. The number of aliphatic hydroxyl groups is 1. The van der Waals surface area contributed by atoms with Crippen molar-refractivity contribution in [1.82, 2.24) is 10.2 Å². The van der Waals surface area contributed by atoms with Gasteiger partial charge in [0, 0.05) is 10.4 Å². The predicted octanol–water partition coefficient (Wildman–Crippen LogP) is 4.15. The summed E-state index contributed by atoms with van der Waals surface area (Å²) in [5.41, 5.74) is 2.40. The van der Waals surface area contributed by atoms with Crippen LogP contribution in [0.5, 0.6) is 0 Å². The van der Waals surface area contributed by atoms with E-state index in [1.165, 1.54) is 27.6 Å². The second kappa shape index (κ2) is 6.96. The van der Waals surface area contributed by atoms with E-state index >= 15 is 0 Å². The number of aromatic nitrogens is 2. The Bertz CT molecular complexity index is 1120. The smallest absolute Gasteiger partial charge is 0.301 e. The zero-order valence-electron chi connectivity index (χ0n) is 15.5. The zero-order valence-corrected chi connectivity index (χ0v) is 17.1. The molecule has 1 amide bonds. The van der Waals surface area contributed by atoms with Crippen LogP contribution in [0.2, 0.25) is 0 Å². The molecule has 0 saturated carbocycles. The molecule has 3 aromatic rings. The number of benzene rings is 1. The molecule has 1 unspecified atom stereocenters. The summed E-state index contributed by atoms with van der Waals surface area (Å²) in [6.07, 6.45) is 0. The molecule has 8 heteroatoms. The molecular weight excluding hydrogens is 394 g/mol. The minimum Gasteiger partial charge on any atom is -0.507 e. The number of ketones is 1. The highest BCUT2D eigenvalue weighted by atomic mass is 32.1. The van der Waals surface area contributed by atoms with Crippen molar-refractivity contribution in [3.8, 4) is 0 Å². The molecule has 0 spiro atoms. The van der Waals surface area contributed by atoms with Crippen LogP contribution in [0.15, 0.2) is 41.3 Å². The maximum Gasteiger partial charge on any atom is 0.301 e. The van der Waals surface area contributed by atoms with Crippen LogP contribution in [-0.4, -0.2) is 27.0 Å². The lowest BCUT2D eigenvalue weighted by Crippen LogP contribution is -2.29. The Kier molecular flexibility index (Phi) is 4.60. The molecule has 0 radical (unpaired) electrons. The molecule has 4 rings (SSSR count). The lowest BCUT2D eigenvalue weighted by molar-refractivity contribution is -0.132. The van der Waals surface area contributed by atoms with Gasteiger partial charge >= 0.3 is 5.91 Å². The van der Waals surface area contributed by atoms with Gasteiger partial charge in [-0.15, -0.1) is 21.5 Å². The molecule has 142 valence electrons. The molecule has 0 bridgehead atoms. The van der Waals surface area contributed by atoms with Crippen LogP contribution >= 0.6 is 22.7 Å². The largest absolute Gasteiger partial charge is 0.507 e. The molecule has 1 fully saturated rings. The number of aliphatic hydroxyl groups excluding tert-OH is 1. The van der Waals surface area contributed by atoms with E-state index in [2.05, 4.69) is 10.2 Å². The third-order valence-corrected chi connectivity index (χ3v) is 6.39. The summed E-state index contributed by atoms with van der Waals surface area (Å²) >= 11 is 2.66. The maximum absolute atomic E-state index is 13.0. The SMILES string of the molecule is Cc1ccc(C)c(C(O)=C2C(=O)C(=O)N(c3nnc(C)s3)C2c2cccs2)c1. The standard InChI is InChI=1S/C20H17N3O3S2/c1-10-6-7-11(2)13(9-10)17(24)15-16(14-5-4-8-27-14)23(19(26)18(15)25)20-22-21-12(3)28-20/h4-9,16,24H,1-3H3. The monoisotopic (exact) mass is 411 g/mol. The molecule has 6 nitrogen and oxygen atoms in total. The van der Waals surface area contributed by atoms with E-state index < -0.39 is 17.7 Å². The van der Waals surface area contributed by atoms with E-state index in [0.29, 0.717) is 15.7 Å². The molecule has 1 saturated heterocycles. The van der Waals surface area contributed by atoms with Gasteiger partial charge in [0.25, 0.3) is 5.78 Å². The molecule has 1 aliphatic heterocycles. The van der Waals surface area contributed by atoms with E-state index in [0.717, 1.165) is 16.0 Å². The number of rotatable bonds is 3. The summed E-state index contributed by atoms with van der Waals surface area (Å²) in [4.78, 5) is 28.0. The van der Waals surface area contributed by atoms with Gasteiger partial charge in [-0.3, -0.25) is 14.5 Å². The van der Waals surface area contributed by atoms with Gasteiger partial charge in [0.1, 0.15) is 16.8 Å². The van der Waals surface area contributed by atoms with Crippen molar-refractivity contribution in [3.63, 3.8) is 0 Å². The second-order valence-corrected chi connectivity index (χ2v) is 8.75. The Balaban J connectivity index is 1.96. The van der Waals surface area contributed by atoms with Gasteiger partial charge in [0.05, 0.1) is 5.57 Å². The van der Waals surface area contributed by atoms with Gasteiger partial charge < -0.3 is 5.11 Å². The first kappa shape index (κ1) is 18.5. The summed E-state index contributed by atoms with van der Waals surface area (Å²) in [7, 11) is 0. The number of thiophene rings is 1. The first-order valence-electron chi connectivity index (χ1n) is 8.60. The summed E-state index contributed by atoms with van der Waals surface area (Å²) in [6.45, 7) is 5.56. The molecule has 0 aliphatic carbocycles. The van der Waals surface area contributed by atoms with Crippen LogP contribution in [0.4, 0.5) is 5.13 Å². The molecule has 28 heavy (non-hydrogen) atoms. The Hall–Kier alpha value is -2.84. The van der Waals surface area contributed by atoms with Crippen LogP contribution in [0.3, 0.4) is 0 Å². The van der Waals surface area contributed by atoms with E-state index in [1.807, 2.05) is 49.6 Å². The third-order valence-electron chi connectivity index (χ3n) is 4.63. The highest BCUT2D eigenvalue weighted by Crippen LogP contribution is 2.44. The number of hydrogen-bond acceptors (Lipinski definition) is 7. The van der Waals surface area contributed by atoms with Crippen molar-refractivity contribution in [3.05, 3.63) is 67.9 Å². The fourth-order valence-corrected chi connectivity index (χ4v) is 4.80. The zero-order chi connectivity index (χ0) is 20.0. The van der Waals surface area contributed by atoms with Crippen molar-refractivity contribution in [1.29, 1.82) is 0 Å². The molecule has 1 N–H and O–H groups in total. The van der Waals surface area contributed by atoms with Gasteiger partial charge in [0.15, 0.2) is 0 Å². The highest BCUT2D eigenvalue weighted by Gasteiger charge is 2.48. The number of hydrogen-bond donors (Lipinski definition) is 1. The van der Waals surface area contributed by atoms with Crippen LogP contribution in [0.25, 0.3) is 5.76 Å². The summed E-state index contributed by atoms with van der Waals surface area (Å²) in [5, 5.41) is 22.1. The molecule has 2 aromatic heterocycles. The number of anilines is 1. The van der Waals surface area contributed by atoms with Gasteiger partial charge in [-0.2, -0.15) is 0 Å². The van der Waals surface area contributed by atoms with Gasteiger partial charge in [-0.05, 0) is 43.8 Å². The van der Waals surface area contributed by atoms with Crippen LogP contribution in [0.1, 0.15) is 32.6 Å². The third kappa shape index (κ3) is 2.94. The first-order valence-corrected chi connectivity index (χ1v) is 10.3. The Labute approximate surface area is 169 Å². The van der Waals surface area contributed by atoms with Gasteiger partial charge in [-0.25, -0.2) is 0 Å². The fraction of sp³-hybridized carbons (Fsp3) is 0.200. The quantitative estimate of drug-likeness (QED) is 0.398. The summed E-state index contributed by atoms with van der Waals surface area (Å²) in [5.74, 6) is -1.59. The maximum atomic E-state index is 13.0. The van der Waals surface area contributed by atoms with Gasteiger partial charge in [0.2, 0.25) is 5.13 Å². The van der Waals surface area contributed by atoms with Crippen LogP contribution in [-0.2, 0) is 9.59 Å². The molecule has 1 aliphatic rings. The average molecular weight is 412 g/mol. The lowest BCUT2D eigenvalue weighted by atomic mass is 9.96.